The molecule has 2 aromatic carbocycles. The fraction of sp³-hybridized carbons (Fsp3) is 0.455. The Hall–Kier alpha value is -2.24. The van der Waals surface area contributed by atoms with Gasteiger partial charge in [-0.3, -0.25) is 4.90 Å². The van der Waals surface area contributed by atoms with Crippen LogP contribution in [-0.4, -0.2) is 62.6 Å². The molecule has 2 aromatic rings. The molecule has 0 saturated carbocycles. The monoisotopic (exact) mass is 370 g/mol. The molecule has 3 rings (SSSR count). The third-order valence-electron chi connectivity index (χ3n) is 5.09. The first-order valence-corrected chi connectivity index (χ1v) is 9.55. The summed E-state index contributed by atoms with van der Waals surface area (Å²) in [6.07, 6.45) is -0.493. The van der Waals surface area contributed by atoms with Gasteiger partial charge >= 0.3 is 0 Å². The number of nitrogens with zero attached hydrogens (tertiary/aromatic N) is 2. The molecule has 1 heterocycles. The van der Waals surface area contributed by atoms with Gasteiger partial charge in [-0.15, -0.1) is 0 Å². The van der Waals surface area contributed by atoms with Crippen molar-refractivity contribution in [3.8, 4) is 11.5 Å². The molecular formula is C22H30N2O3. The summed E-state index contributed by atoms with van der Waals surface area (Å²) in [5.74, 6) is 1.77. The standard InChI is InChI=1S/C22H30N2O3/c1-17-6-4-7-18(2)22(17)27-16-20(25)15-23-10-12-24(13-11-23)19-8-5-9-21(14-19)26-3/h4-9,14,20,25H,10-13,15-16H2,1-3H3. The zero-order valence-corrected chi connectivity index (χ0v) is 16.5. The topological polar surface area (TPSA) is 45.2 Å². The van der Waals surface area contributed by atoms with Crippen LogP contribution in [0.3, 0.4) is 0 Å². The van der Waals surface area contributed by atoms with Gasteiger partial charge in [-0.1, -0.05) is 24.3 Å². The molecule has 0 spiro atoms. The maximum Gasteiger partial charge on any atom is 0.125 e. The van der Waals surface area contributed by atoms with E-state index in [9.17, 15) is 5.11 Å². The number of hydrogen-bond donors (Lipinski definition) is 1. The number of para-hydroxylation sites is 1. The number of aliphatic hydroxyl groups excluding tert-OH is 1. The first kappa shape index (κ1) is 19.5. The lowest BCUT2D eigenvalue weighted by Crippen LogP contribution is -2.49. The van der Waals surface area contributed by atoms with Gasteiger partial charge in [0.15, 0.2) is 0 Å². The van der Waals surface area contributed by atoms with Gasteiger partial charge in [0.05, 0.1) is 7.11 Å². The van der Waals surface area contributed by atoms with Crippen molar-refractivity contribution in [2.45, 2.75) is 20.0 Å². The molecule has 1 unspecified atom stereocenters. The second kappa shape index (κ2) is 9.11. The minimum atomic E-state index is -0.493. The number of ether oxygens (including phenoxy) is 2. The molecule has 5 nitrogen and oxygen atoms in total. The molecule has 1 fully saturated rings. The molecule has 0 radical (unpaired) electrons. The van der Waals surface area contributed by atoms with Crippen molar-refractivity contribution in [3.63, 3.8) is 0 Å². The van der Waals surface area contributed by atoms with Gasteiger partial charge in [-0.25, -0.2) is 0 Å². The van der Waals surface area contributed by atoms with Crippen LogP contribution in [0.1, 0.15) is 11.1 Å². The van der Waals surface area contributed by atoms with E-state index in [0.717, 1.165) is 48.8 Å². The Morgan fingerprint density at radius 2 is 1.67 bits per heavy atom. The molecule has 0 aromatic heterocycles. The quantitative estimate of drug-likeness (QED) is 0.812. The molecule has 5 heteroatoms. The molecule has 27 heavy (non-hydrogen) atoms. The highest BCUT2D eigenvalue weighted by molar-refractivity contribution is 5.51. The summed E-state index contributed by atoms with van der Waals surface area (Å²) >= 11 is 0. The first-order chi connectivity index (χ1) is 13.1. The van der Waals surface area contributed by atoms with Crippen molar-refractivity contribution in [2.75, 3.05) is 51.3 Å². The van der Waals surface area contributed by atoms with Crippen molar-refractivity contribution in [3.05, 3.63) is 53.6 Å². The molecule has 0 bridgehead atoms. The molecule has 1 aliphatic rings. The number of benzene rings is 2. The third-order valence-corrected chi connectivity index (χ3v) is 5.09. The SMILES string of the molecule is COc1cccc(N2CCN(CC(O)COc3c(C)cccc3C)CC2)c1. The smallest absolute Gasteiger partial charge is 0.125 e. The second-order valence-corrected chi connectivity index (χ2v) is 7.17. The predicted molar refractivity (Wildman–Crippen MR) is 109 cm³/mol. The largest absolute Gasteiger partial charge is 0.497 e. The lowest BCUT2D eigenvalue weighted by Gasteiger charge is -2.37. The fourth-order valence-corrected chi connectivity index (χ4v) is 3.55. The maximum atomic E-state index is 10.4. The molecule has 0 amide bonds. The van der Waals surface area contributed by atoms with E-state index in [1.807, 2.05) is 44.2 Å². The molecule has 1 atom stereocenters. The van der Waals surface area contributed by atoms with E-state index in [2.05, 4.69) is 21.9 Å². The molecule has 0 aliphatic carbocycles. The van der Waals surface area contributed by atoms with Crippen molar-refractivity contribution < 1.29 is 14.6 Å². The molecule has 1 N–H and O–H groups in total. The number of piperazine rings is 1. The van der Waals surface area contributed by atoms with Crippen LogP contribution >= 0.6 is 0 Å². The van der Waals surface area contributed by atoms with Gasteiger partial charge in [0.25, 0.3) is 0 Å². The van der Waals surface area contributed by atoms with E-state index in [-0.39, 0.29) is 0 Å². The Labute approximate surface area is 162 Å². The van der Waals surface area contributed by atoms with Crippen LogP contribution in [0.5, 0.6) is 11.5 Å². The Bertz CT molecular complexity index is 722. The van der Waals surface area contributed by atoms with Crippen LogP contribution in [0, 0.1) is 13.8 Å². The summed E-state index contributed by atoms with van der Waals surface area (Å²) in [6, 6.07) is 14.3. The van der Waals surface area contributed by atoms with E-state index in [4.69, 9.17) is 9.47 Å². The number of aliphatic hydroxyl groups is 1. The number of aryl methyl sites for hydroxylation is 2. The highest BCUT2D eigenvalue weighted by Gasteiger charge is 2.20. The predicted octanol–water partition coefficient (Wildman–Crippen LogP) is 2.87. The Morgan fingerprint density at radius 1 is 1.00 bits per heavy atom. The van der Waals surface area contributed by atoms with E-state index >= 15 is 0 Å². The lowest BCUT2D eigenvalue weighted by molar-refractivity contribution is 0.0658. The van der Waals surface area contributed by atoms with Crippen LogP contribution < -0.4 is 14.4 Å². The number of rotatable bonds is 7. The van der Waals surface area contributed by atoms with E-state index in [1.165, 1.54) is 5.69 Å². The van der Waals surface area contributed by atoms with Gasteiger partial charge in [0.1, 0.15) is 24.2 Å². The zero-order valence-electron chi connectivity index (χ0n) is 16.5. The third kappa shape index (κ3) is 5.15. The van der Waals surface area contributed by atoms with Crippen molar-refractivity contribution in [2.24, 2.45) is 0 Å². The molecular weight excluding hydrogens is 340 g/mol. The summed E-state index contributed by atoms with van der Waals surface area (Å²) < 4.78 is 11.2. The average Bonchev–Trinajstić information content (AvgIpc) is 2.68. The number of methoxy groups -OCH3 is 1. The van der Waals surface area contributed by atoms with Gasteiger partial charge in [-0.05, 0) is 37.1 Å². The average molecular weight is 370 g/mol. The fourth-order valence-electron chi connectivity index (χ4n) is 3.55. The molecule has 1 saturated heterocycles. The van der Waals surface area contributed by atoms with E-state index < -0.39 is 6.10 Å². The van der Waals surface area contributed by atoms with Crippen molar-refractivity contribution in [1.82, 2.24) is 4.90 Å². The first-order valence-electron chi connectivity index (χ1n) is 9.55. The zero-order chi connectivity index (χ0) is 19.2. The van der Waals surface area contributed by atoms with Crippen molar-refractivity contribution >= 4 is 5.69 Å². The molecule has 146 valence electrons. The summed E-state index contributed by atoms with van der Waals surface area (Å²) in [4.78, 5) is 4.66. The normalized spacial score (nSPS) is 16.2. The van der Waals surface area contributed by atoms with Crippen LogP contribution in [0.2, 0.25) is 0 Å². The Kier molecular flexibility index (Phi) is 6.58. The minimum Gasteiger partial charge on any atom is -0.497 e. The van der Waals surface area contributed by atoms with Crippen LogP contribution in [-0.2, 0) is 0 Å². The molecule has 1 aliphatic heterocycles. The highest BCUT2D eigenvalue weighted by atomic mass is 16.5. The maximum absolute atomic E-state index is 10.4. The Morgan fingerprint density at radius 3 is 2.33 bits per heavy atom. The van der Waals surface area contributed by atoms with E-state index in [1.54, 1.807) is 7.11 Å². The van der Waals surface area contributed by atoms with Gasteiger partial charge in [-0.2, -0.15) is 0 Å². The van der Waals surface area contributed by atoms with Crippen LogP contribution in [0.25, 0.3) is 0 Å². The number of β-amino-alcohol motifs (C(OH)–C–C–N with tert-alkyl or cyclic N) is 1. The lowest BCUT2D eigenvalue weighted by atomic mass is 10.1. The number of hydrogen-bond acceptors (Lipinski definition) is 5. The number of anilines is 1. The van der Waals surface area contributed by atoms with Gasteiger partial charge in [0, 0.05) is 44.5 Å². The van der Waals surface area contributed by atoms with Crippen molar-refractivity contribution in [1.29, 1.82) is 0 Å². The summed E-state index contributed by atoms with van der Waals surface area (Å²) in [6.45, 7) is 8.77. The highest BCUT2D eigenvalue weighted by Crippen LogP contribution is 2.23. The van der Waals surface area contributed by atoms with E-state index in [0.29, 0.717) is 13.2 Å². The summed E-state index contributed by atoms with van der Waals surface area (Å²) in [5, 5.41) is 10.4. The summed E-state index contributed by atoms with van der Waals surface area (Å²) in [5.41, 5.74) is 3.40. The second-order valence-electron chi connectivity index (χ2n) is 7.17. The Balaban J connectivity index is 1.46. The van der Waals surface area contributed by atoms with Crippen LogP contribution in [0.15, 0.2) is 42.5 Å². The van der Waals surface area contributed by atoms with Gasteiger partial charge in [0.2, 0.25) is 0 Å². The summed E-state index contributed by atoms with van der Waals surface area (Å²) in [7, 11) is 1.69. The minimum absolute atomic E-state index is 0.321. The van der Waals surface area contributed by atoms with Crippen LogP contribution in [0.4, 0.5) is 5.69 Å². The van der Waals surface area contributed by atoms with Gasteiger partial charge < -0.3 is 19.5 Å².